The normalized spacial score (nSPS) is 10.6. The van der Waals surface area contributed by atoms with Gasteiger partial charge in [-0.1, -0.05) is 60.7 Å². The van der Waals surface area contributed by atoms with Crippen molar-refractivity contribution in [2.75, 3.05) is 7.11 Å². The molecule has 4 aromatic rings. The first-order chi connectivity index (χ1) is 14.7. The molecule has 0 aliphatic heterocycles. The van der Waals surface area contributed by atoms with E-state index in [9.17, 15) is 4.79 Å². The fourth-order valence-electron chi connectivity index (χ4n) is 3.20. The fourth-order valence-corrected chi connectivity index (χ4v) is 3.20. The third kappa shape index (κ3) is 4.58. The van der Waals surface area contributed by atoms with Gasteiger partial charge in [0.2, 0.25) is 5.88 Å². The summed E-state index contributed by atoms with van der Waals surface area (Å²) in [5, 5.41) is 3.77. The van der Waals surface area contributed by atoms with Gasteiger partial charge in [-0.3, -0.25) is 4.79 Å². The molecule has 0 bridgehead atoms. The van der Waals surface area contributed by atoms with E-state index in [1.54, 1.807) is 13.2 Å². The van der Waals surface area contributed by atoms with E-state index in [0.717, 1.165) is 27.8 Å². The van der Waals surface area contributed by atoms with E-state index >= 15 is 0 Å². The van der Waals surface area contributed by atoms with Gasteiger partial charge in [0.1, 0.15) is 12.4 Å². The Labute approximate surface area is 175 Å². The maximum Gasteiger partial charge on any atom is 0.252 e. The lowest BCUT2D eigenvalue weighted by atomic mass is 10.1. The molecular formula is C25H22N2O3. The van der Waals surface area contributed by atoms with Crippen molar-refractivity contribution in [1.29, 1.82) is 0 Å². The third-order valence-electron chi connectivity index (χ3n) is 4.75. The molecular weight excluding hydrogens is 376 g/mol. The summed E-state index contributed by atoms with van der Waals surface area (Å²) in [6, 6.07) is 26.8. The highest BCUT2D eigenvalue weighted by atomic mass is 16.5. The molecule has 0 aliphatic carbocycles. The minimum atomic E-state index is -0.180. The number of pyridine rings is 1. The average molecular weight is 398 g/mol. The highest BCUT2D eigenvalue weighted by molar-refractivity contribution is 6.06. The van der Waals surface area contributed by atoms with Crippen LogP contribution in [0.1, 0.15) is 21.5 Å². The smallest absolute Gasteiger partial charge is 0.252 e. The van der Waals surface area contributed by atoms with Crippen molar-refractivity contribution >= 4 is 16.8 Å². The van der Waals surface area contributed by atoms with Crippen LogP contribution in [-0.2, 0) is 13.2 Å². The monoisotopic (exact) mass is 398 g/mol. The Balaban J connectivity index is 1.55. The molecule has 0 aliphatic rings. The average Bonchev–Trinajstić information content (AvgIpc) is 2.81. The van der Waals surface area contributed by atoms with Crippen molar-refractivity contribution < 1.29 is 14.3 Å². The van der Waals surface area contributed by atoms with Gasteiger partial charge in [-0.25, -0.2) is 4.98 Å². The fraction of sp³-hybridized carbons (Fsp3) is 0.120. The van der Waals surface area contributed by atoms with E-state index in [2.05, 4.69) is 10.3 Å². The van der Waals surface area contributed by atoms with Crippen LogP contribution < -0.4 is 14.8 Å². The van der Waals surface area contributed by atoms with Crippen LogP contribution in [0.25, 0.3) is 10.9 Å². The molecule has 150 valence electrons. The standard InChI is InChI=1S/C25H22N2O3/c1-29-20-11-7-10-19(14-20)16-26-25(28)22-15-24(27-23-13-6-5-12-21(22)23)30-17-18-8-3-2-4-9-18/h2-15H,16-17H2,1H3,(H,26,28). The number of carbonyl (C=O) groups excluding carboxylic acids is 1. The summed E-state index contributed by atoms with van der Waals surface area (Å²) < 4.78 is 11.1. The second-order valence-electron chi connectivity index (χ2n) is 6.83. The molecule has 0 spiro atoms. The third-order valence-corrected chi connectivity index (χ3v) is 4.75. The van der Waals surface area contributed by atoms with Gasteiger partial charge in [0.25, 0.3) is 5.91 Å². The Morgan fingerprint density at radius 1 is 0.900 bits per heavy atom. The molecule has 0 saturated heterocycles. The second kappa shape index (κ2) is 9.09. The van der Waals surface area contributed by atoms with Gasteiger partial charge in [-0.15, -0.1) is 0 Å². The number of amides is 1. The lowest BCUT2D eigenvalue weighted by Gasteiger charge is -2.12. The van der Waals surface area contributed by atoms with Crippen LogP contribution in [0.3, 0.4) is 0 Å². The number of rotatable bonds is 7. The highest BCUT2D eigenvalue weighted by Gasteiger charge is 2.14. The largest absolute Gasteiger partial charge is 0.497 e. The first-order valence-corrected chi connectivity index (χ1v) is 9.70. The van der Waals surface area contributed by atoms with E-state index in [0.29, 0.717) is 24.6 Å². The Kier molecular flexibility index (Phi) is 5.90. The van der Waals surface area contributed by atoms with Crippen LogP contribution in [0.2, 0.25) is 0 Å². The molecule has 0 unspecified atom stereocenters. The number of carbonyl (C=O) groups is 1. The van der Waals surface area contributed by atoms with Crippen molar-refractivity contribution in [3.63, 3.8) is 0 Å². The molecule has 5 heteroatoms. The summed E-state index contributed by atoms with van der Waals surface area (Å²) in [5.41, 5.74) is 3.25. The highest BCUT2D eigenvalue weighted by Crippen LogP contribution is 2.23. The summed E-state index contributed by atoms with van der Waals surface area (Å²) >= 11 is 0. The van der Waals surface area contributed by atoms with Gasteiger partial charge in [0.15, 0.2) is 0 Å². The molecule has 30 heavy (non-hydrogen) atoms. The van der Waals surface area contributed by atoms with Crippen molar-refractivity contribution in [1.82, 2.24) is 10.3 Å². The topological polar surface area (TPSA) is 60.5 Å². The molecule has 1 N–H and O–H groups in total. The Morgan fingerprint density at radius 3 is 2.50 bits per heavy atom. The van der Waals surface area contributed by atoms with Crippen LogP contribution in [-0.4, -0.2) is 18.0 Å². The van der Waals surface area contributed by atoms with Crippen LogP contribution in [0.5, 0.6) is 11.6 Å². The van der Waals surface area contributed by atoms with Crippen molar-refractivity contribution in [3.8, 4) is 11.6 Å². The summed E-state index contributed by atoms with van der Waals surface area (Å²) in [7, 11) is 1.62. The van der Waals surface area contributed by atoms with Gasteiger partial charge in [0, 0.05) is 18.0 Å². The number of nitrogens with zero attached hydrogens (tertiary/aromatic N) is 1. The lowest BCUT2D eigenvalue weighted by Crippen LogP contribution is -2.23. The summed E-state index contributed by atoms with van der Waals surface area (Å²) in [6.45, 7) is 0.782. The Morgan fingerprint density at radius 2 is 1.67 bits per heavy atom. The van der Waals surface area contributed by atoms with Gasteiger partial charge in [-0.2, -0.15) is 0 Å². The number of ether oxygens (including phenoxy) is 2. The number of hydrogen-bond donors (Lipinski definition) is 1. The minimum Gasteiger partial charge on any atom is -0.497 e. The molecule has 4 rings (SSSR count). The Hall–Kier alpha value is -3.86. The van der Waals surface area contributed by atoms with E-state index in [-0.39, 0.29) is 5.91 Å². The van der Waals surface area contributed by atoms with Crippen molar-refractivity contribution in [3.05, 3.63) is 102 Å². The quantitative estimate of drug-likeness (QED) is 0.488. The van der Waals surface area contributed by atoms with Crippen molar-refractivity contribution in [2.45, 2.75) is 13.2 Å². The summed E-state index contributed by atoms with van der Waals surface area (Å²) in [6.07, 6.45) is 0. The molecule has 0 radical (unpaired) electrons. The molecule has 0 saturated carbocycles. The number of para-hydroxylation sites is 1. The predicted molar refractivity (Wildman–Crippen MR) is 117 cm³/mol. The van der Waals surface area contributed by atoms with Crippen molar-refractivity contribution in [2.24, 2.45) is 0 Å². The first-order valence-electron chi connectivity index (χ1n) is 9.70. The zero-order valence-corrected chi connectivity index (χ0v) is 16.7. The molecule has 3 aromatic carbocycles. The van der Waals surface area contributed by atoms with Crippen LogP contribution >= 0.6 is 0 Å². The van der Waals surface area contributed by atoms with Gasteiger partial charge in [-0.05, 0) is 29.3 Å². The summed E-state index contributed by atoms with van der Waals surface area (Å²) in [5.74, 6) is 0.998. The summed E-state index contributed by atoms with van der Waals surface area (Å²) in [4.78, 5) is 17.5. The molecule has 1 heterocycles. The number of methoxy groups -OCH3 is 1. The number of nitrogens with one attached hydrogen (secondary N) is 1. The molecule has 5 nitrogen and oxygen atoms in total. The van der Waals surface area contributed by atoms with Gasteiger partial charge >= 0.3 is 0 Å². The number of aromatic nitrogens is 1. The lowest BCUT2D eigenvalue weighted by molar-refractivity contribution is 0.0952. The van der Waals surface area contributed by atoms with E-state index in [4.69, 9.17) is 9.47 Å². The Bertz CT molecular complexity index is 1160. The SMILES string of the molecule is COc1cccc(CNC(=O)c2cc(OCc3ccccc3)nc3ccccc23)c1. The number of benzene rings is 3. The molecule has 1 amide bonds. The van der Waals surface area contributed by atoms with E-state index in [1.807, 2.05) is 78.9 Å². The van der Waals surface area contributed by atoms with Crippen LogP contribution in [0.4, 0.5) is 0 Å². The molecule has 0 fully saturated rings. The second-order valence-corrected chi connectivity index (χ2v) is 6.83. The van der Waals surface area contributed by atoms with Crippen LogP contribution in [0.15, 0.2) is 84.9 Å². The maximum absolute atomic E-state index is 13.0. The van der Waals surface area contributed by atoms with E-state index in [1.165, 1.54) is 0 Å². The first kappa shape index (κ1) is 19.5. The minimum absolute atomic E-state index is 0.180. The number of hydrogen-bond acceptors (Lipinski definition) is 4. The maximum atomic E-state index is 13.0. The molecule has 0 atom stereocenters. The predicted octanol–water partition coefficient (Wildman–Crippen LogP) is 4.75. The zero-order valence-electron chi connectivity index (χ0n) is 16.7. The zero-order chi connectivity index (χ0) is 20.8. The van der Waals surface area contributed by atoms with Gasteiger partial charge in [0.05, 0.1) is 18.2 Å². The van der Waals surface area contributed by atoms with E-state index < -0.39 is 0 Å². The number of fused-ring (bicyclic) bond motifs is 1. The van der Waals surface area contributed by atoms with Gasteiger partial charge < -0.3 is 14.8 Å². The van der Waals surface area contributed by atoms with Crippen LogP contribution in [0, 0.1) is 0 Å². The molecule has 1 aromatic heterocycles.